The number of hydrogen-bond acceptors (Lipinski definition) is 1. The van der Waals surface area contributed by atoms with Crippen molar-refractivity contribution < 1.29 is 0 Å². The van der Waals surface area contributed by atoms with E-state index in [0.717, 1.165) is 11.4 Å². The first kappa shape index (κ1) is 12.6. The number of rotatable bonds is 2. The highest BCUT2D eigenvalue weighted by Gasteiger charge is 2.02. The van der Waals surface area contributed by atoms with Gasteiger partial charge in [-0.3, -0.25) is 4.99 Å². The van der Waals surface area contributed by atoms with Crippen LogP contribution in [0.15, 0.2) is 47.5 Å². The molecule has 0 bridgehead atoms. The molecule has 0 aliphatic rings. The summed E-state index contributed by atoms with van der Waals surface area (Å²) in [4.78, 5) is 4.77. The van der Waals surface area contributed by atoms with Gasteiger partial charge in [0.1, 0.15) is 0 Å². The van der Waals surface area contributed by atoms with Crippen molar-refractivity contribution in [3.63, 3.8) is 0 Å². The van der Waals surface area contributed by atoms with Crippen LogP contribution in [0.4, 0.5) is 5.69 Å². The summed E-state index contributed by atoms with van der Waals surface area (Å²) in [6.45, 7) is 8.38. The van der Waals surface area contributed by atoms with E-state index in [2.05, 4.69) is 70.2 Å². The van der Waals surface area contributed by atoms with Crippen LogP contribution >= 0.6 is 0 Å². The van der Waals surface area contributed by atoms with Crippen LogP contribution in [0.3, 0.4) is 0 Å². The van der Waals surface area contributed by atoms with Crippen molar-refractivity contribution in [3.8, 4) is 0 Å². The quantitative estimate of drug-likeness (QED) is 0.668. The number of aliphatic imine (C=N–C) groups is 1. The van der Waals surface area contributed by atoms with Gasteiger partial charge < -0.3 is 0 Å². The summed E-state index contributed by atoms with van der Waals surface area (Å²) in [5.41, 5.74) is 7.06. The lowest BCUT2D eigenvalue weighted by atomic mass is 10.1. The van der Waals surface area contributed by atoms with E-state index in [0.29, 0.717) is 0 Å². The van der Waals surface area contributed by atoms with E-state index >= 15 is 0 Å². The van der Waals surface area contributed by atoms with E-state index in [9.17, 15) is 0 Å². The molecule has 2 aromatic carbocycles. The van der Waals surface area contributed by atoms with Gasteiger partial charge >= 0.3 is 0 Å². The average molecular weight is 237 g/mol. The van der Waals surface area contributed by atoms with Crippen molar-refractivity contribution in [2.75, 3.05) is 0 Å². The van der Waals surface area contributed by atoms with Gasteiger partial charge in [-0.15, -0.1) is 0 Å². The molecule has 0 radical (unpaired) electrons. The monoisotopic (exact) mass is 237 g/mol. The molecule has 0 spiro atoms. The van der Waals surface area contributed by atoms with Crippen LogP contribution in [-0.2, 0) is 0 Å². The van der Waals surface area contributed by atoms with Gasteiger partial charge in [-0.2, -0.15) is 0 Å². The molecule has 0 unspecified atom stereocenters. The van der Waals surface area contributed by atoms with E-state index in [4.69, 9.17) is 4.99 Å². The Morgan fingerprint density at radius 1 is 0.833 bits per heavy atom. The van der Waals surface area contributed by atoms with Crippen LogP contribution in [0.5, 0.6) is 0 Å². The van der Waals surface area contributed by atoms with Crippen molar-refractivity contribution in [1.82, 2.24) is 0 Å². The number of nitrogens with zero attached hydrogens (tertiary/aromatic N) is 1. The molecule has 0 aliphatic carbocycles. The number of hydrogen-bond donors (Lipinski definition) is 0. The molecule has 2 aromatic rings. The second-order valence-electron chi connectivity index (χ2n) is 4.80. The van der Waals surface area contributed by atoms with Crippen LogP contribution in [0, 0.1) is 20.8 Å². The van der Waals surface area contributed by atoms with Crippen molar-refractivity contribution >= 4 is 11.4 Å². The zero-order valence-corrected chi connectivity index (χ0v) is 11.5. The average Bonchev–Trinajstić information content (AvgIpc) is 2.34. The molecule has 18 heavy (non-hydrogen) atoms. The van der Waals surface area contributed by atoms with E-state index in [1.165, 1.54) is 22.3 Å². The summed E-state index contributed by atoms with van der Waals surface area (Å²) in [7, 11) is 0. The number of aryl methyl sites for hydroxylation is 3. The molecule has 0 N–H and O–H groups in total. The fourth-order valence-corrected chi connectivity index (χ4v) is 2.01. The molecule has 0 aromatic heterocycles. The second kappa shape index (κ2) is 5.18. The normalized spacial score (nSPS) is 11.7. The predicted octanol–water partition coefficient (Wildman–Crippen LogP) is 4.75. The lowest BCUT2D eigenvalue weighted by Gasteiger charge is -2.07. The lowest BCUT2D eigenvalue weighted by Crippen LogP contribution is -1.94. The van der Waals surface area contributed by atoms with E-state index in [-0.39, 0.29) is 0 Å². The van der Waals surface area contributed by atoms with Gasteiger partial charge in [0.25, 0.3) is 0 Å². The van der Waals surface area contributed by atoms with E-state index in [1.54, 1.807) is 0 Å². The summed E-state index contributed by atoms with van der Waals surface area (Å²) in [5.74, 6) is 0. The smallest absolute Gasteiger partial charge is 0.0691 e. The fourth-order valence-electron chi connectivity index (χ4n) is 2.01. The van der Waals surface area contributed by atoms with Crippen LogP contribution in [-0.4, -0.2) is 5.71 Å². The SMILES string of the molecule is CC(=Nc1c(C)cccc1C)c1ccc(C)cc1. The minimum Gasteiger partial charge on any atom is -0.253 e. The highest BCUT2D eigenvalue weighted by molar-refractivity contribution is 6.00. The zero-order chi connectivity index (χ0) is 13.1. The van der Waals surface area contributed by atoms with Gasteiger partial charge in [-0.1, -0.05) is 48.0 Å². The minimum absolute atomic E-state index is 1.06. The van der Waals surface area contributed by atoms with Gasteiger partial charge in [0.05, 0.1) is 5.69 Å². The van der Waals surface area contributed by atoms with Gasteiger partial charge in [-0.05, 0) is 44.4 Å². The Bertz CT molecular complexity index is 557. The number of para-hydroxylation sites is 1. The van der Waals surface area contributed by atoms with Crippen LogP contribution in [0.1, 0.15) is 29.2 Å². The summed E-state index contributed by atoms with van der Waals surface area (Å²) in [5, 5.41) is 0. The van der Waals surface area contributed by atoms with Gasteiger partial charge in [0, 0.05) is 5.71 Å². The Hall–Kier alpha value is -1.89. The highest BCUT2D eigenvalue weighted by Crippen LogP contribution is 2.24. The Labute approximate surface area is 109 Å². The summed E-state index contributed by atoms with van der Waals surface area (Å²) in [6, 6.07) is 14.8. The van der Waals surface area contributed by atoms with Crippen LogP contribution < -0.4 is 0 Å². The highest BCUT2D eigenvalue weighted by atomic mass is 14.7. The summed E-state index contributed by atoms with van der Waals surface area (Å²) >= 11 is 0. The van der Waals surface area contributed by atoms with E-state index in [1.807, 2.05) is 0 Å². The van der Waals surface area contributed by atoms with Gasteiger partial charge in [-0.25, -0.2) is 0 Å². The summed E-state index contributed by atoms with van der Waals surface area (Å²) in [6.07, 6.45) is 0. The van der Waals surface area contributed by atoms with Crippen LogP contribution in [0.2, 0.25) is 0 Å². The second-order valence-corrected chi connectivity index (χ2v) is 4.80. The third kappa shape index (κ3) is 2.67. The minimum atomic E-state index is 1.06. The van der Waals surface area contributed by atoms with E-state index < -0.39 is 0 Å². The molecule has 0 heterocycles. The molecule has 0 aliphatic heterocycles. The van der Waals surface area contributed by atoms with Crippen molar-refractivity contribution in [3.05, 3.63) is 64.7 Å². The molecule has 92 valence electrons. The van der Waals surface area contributed by atoms with Crippen LogP contribution in [0.25, 0.3) is 0 Å². The molecule has 0 fully saturated rings. The summed E-state index contributed by atoms with van der Waals surface area (Å²) < 4.78 is 0. The zero-order valence-electron chi connectivity index (χ0n) is 11.5. The first-order valence-electron chi connectivity index (χ1n) is 6.26. The first-order valence-corrected chi connectivity index (χ1v) is 6.26. The Balaban J connectivity index is 2.41. The molecule has 1 heteroatoms. The molecule has 0 atom stereocenters. The van der Waals surface area contributed by atoms with Gasteiger partial charge in [0.15, 0.2) is 0 Å². The first-order chi connectivity index (χ1) is 8.58. The standard InChI is InChI=1S/C17H19N/c1-12-8-10-16(11-9-12)15(4)18-17-13(2)6-5-7-14(17)3/h5-11H,1-4H3. The molecule has 0 saturated carbocycles. The third-order valence-electron chi connectivity index (χ3n) is 3.19. The molecular formula is C17H19N. The van der Waals surface area contributed by atoms with Gasteiger partial charge in [0.2, 0.25) is 0 Å². The lowest BCUT2D eigenvalue weighted by molar-refractivity contribution is 1.32. The van der Waals surface area contributed by atoms with Crippen molar-refractivity contribution in [1.29, 1.82) is 0 Å². The molecule has 1 nitrogen and oxygen atoms in total. The Morgan fingerprint density at radius 3 is 1.94 bits per heavy atom. The maximum absolute atomic E-state index is 4.77. The van der Waals surface area contributed by atoms with Crippen molar-refractivity contribution in [2.45, 2.75) is 27.7 Å². The number of benzene rings is 2. The molecular weight excluding hydrogens is 218 g/mol. The Morgan fingerprint density at radius 2 is 1.39 bits per heavy atom. The largest absolute Gasteiger partial charge is 0.253 e. The molecule has 2 rings (SSSR count). The predicted molar refractivity (Wildman–Crippen MR) is 79.0 cm³/mol. The van der Waals surface area contributed by atoms with Crippen molar-refractivity contribution in [2.24, 2.45) is 4.99 Å². The molecule has 0 amide bonds. The Kier molecular flexibility index (Phi) is 3.61. The molecule has 0 saturated heterocycles. The maximum atomic E-state index is 4.77. The fraction of sp³-hybridized carbons (Fsp3) is 0.235. The topological polar surface area (TPSA) is 12.4 Å². The maximum Gasteiger partial charge on any atom is 0.0691 e. The third-order valence-corrected chi connectivity index (χ3v) is 3.19.